The summed E-state index contributed by atoms with van der Waals surface area (Å²) >= 11 is 0. The minimum absolute atomic E-state index is 0.0247. The molecule has 116 valence electrons. The summed E-state index contributed by atoms with van der Waals surface area (Å²) in [6.45, 7) is 2.27. The Balaban J connectivity index is 2.16. The van der Waals surface area contributed by atoms with Crippen molar-refractivity contribution >= 4 is 5.97 Å². The van der Waals surface area contributed by atoms with Crippen LogP contribution in [-0.2, 0) is 11.0 Å². The molecule has 0 amide bonds. The molecule has 0 aliphatic carbocycles. The van der Waals surface area contributed by atoms with Crippen LogP contribution in [0, 0.1) is 11.8 Å². The lowest BCUT2D eigenvalue weighted by Gasteiger charge is -2.33. The minimum atomic E-state index is -4.36. The van der Waals surface area contributed by atoms with Gasteiger partial charge in [-0.25, -0.2) is 0 Å². The third kappa shape index (κ3) is 3.75. The molecule has 0 saturated carbocycles. The molecule has 1 aromatic carbocycles. The number of carbonyl (C=O) groups is 1. The third-order valence-electron chi connectivity index (χ3n) is 4.16. The van der Waals surface area contributed by atoms with Gasteiger partial charge < -0.3 is 10.4 Å². The molecule has 1 unspecified atom stereocenters. The second-order valence-electron chi connectivity index (χ2n) is 5.54. The Morgan fingerprint density at radius 2 is 2.14 bits per heavy atom. The van der Waals surface area contributed by atoms with Crippen molar-refractivity contribution in [1.29, 1.82) is 0 Å². The Kier molecular flexibility index (Phi) is 4.56. The SMILES string of the molecule is CC(C(=O)O)[C@H]1CCN[C@@H](c2cccc(C(F)(F)F)c2)C1. The van der Waals surface area contributed by atoms with Crippen LogP contribution in [-0.4, -0.2) is 17.6 Å². The monoisotopic (exact) mass is 301 g/mol. The van der Waals surface area contributed by atoms with E-state index in [-0.39, 0.29) is 12.0 Å². The van der Waals surface area contributed by atoms with Gasteiger partial charge in [-0.2, -0.15) is 13.2 Å². The second kappa shape index (κ2) is 6.05. The summed E-state index contributed by atoms with van der Waals surface area (Å²) in [6.07, 6.45) is -3.10. The lowest BCUT2D eigenvalue weighted by molar-refractivity contribution is -0.143. The van der Waals surface area contributed by atoms with Gasteiger partial charge in [-0.1, -0.05) is 19.1 Å². The first kappa shape index (κ1) is 15.8. The number of alkyl halides is 3. The number of aliphatic carboxylic acids is 1. The van der Waals surface area contributed by atoms with Crippen LogP contribution >= 0.6 is 0 Å². The fourth-order valence-corrected chi connectivity index (χ4v) is 2.79. The minimum Gasteiger partial charge on any atom is -0.481 e. The summed E-state index contributed by atoms with van der Waals surface area (Å²) in [5, 5.41) is 12.3. The number of hydrogen-bond donors (Lipinski definition) is 2. The summed E-state index contributed by atoms with van der Waals surface area (Å²) in [4.78, 5) is 11.1. The van der Waals surface area contributed by atoms with E-state index in [9.17, 15) is 18.0 Å². The molecule has 2 N–H and O–H groups in total. The lowest BCUT2D eigenvalue weighted by Crippen LogP contribution is -2.36. The summed E-state index contributed by atoms with van der Waals surface area (Å²) in [6, 6.07) is 5.01. The molecule has 1 aromatic rings. The van der Waals surface area contributed by atoms with E-state index in [1.165, 1.54) is 6.07 Å². The normalized spacial score (nSPS) is 24.6. The highest BCUT2D eigenvalue weighted by Crippen LogP contribution is 2.35. The van der Waals surface area contributed by atoms with Crippen LogP contribution in [0.5, 0.6) is 0 Å². The molecule has 0 radical (unpaired) electrons. The van der Waals surface area contributed by atoms with Crippen molar-refractivity contribution < 1.29 is 23.1 Å². The maximum atomic E-state index is 12.7. The van der Waals surface area contributed by atoms with E-state index in [0.717, 1.165) is 18.6 Å². The van der Waals surface area contributed by atoms with Crippen LogP contribution in [0.15, 0.2) is 24.3 Å². The number of carboxylic acid groups (broad SMARTS) is 1. The molecule has 6 heteroatoms. The third-order valence-corrected chi connectivity index (χ3v) is 4.16. The fraction of sp³-hybridized carbons (Fsp3) is 0.533. The zero-order valence-electron chi connectivity index (χ0n) is 11.7. The summed E-state index contributed by atoms with van der Waals surface area (Å²) in [7, 11) is 0. The predicted molar refractivity (Wildman–Crippen MR) is 71.7 cm³/mol. The van der Waals surface area contributed by atoms with Crippen LogP contribution in [0.1, 0.15) is 36.9 Å². The predicted octanol–water partition coefficient (Wildman–Crippen LogP) is 3.47. The first-order chi connectivity index (χ1) is 9.79. The molecule has 2 rings (SSSR count). The van der Waals surface area contributed by atoms with E-state index >= 15 is 0 Å². The average molecular weight is 301 g/mol. The first-order valence-corrected chi connectivity index (χ1v) is 6.92. The van der Waals surface area contributed by atoms with Crippen LogP contribution in [0.2, 0.25) is 0 Å². The van der Waals surface area contributed by atoms with Crippen molar-refractivity contribution in [2.45, 2.75) is 32.0 Å². The van der Waals surface area contributed by atoms with E-state index in [1.54, 1.807) is 13.0 Å². The molecule has 1 heterocycles. The van der Waals surface area contributed by atoms with Crippen molar-refractivity contribution in [2.24, 2.45) is 11.8 Å². The molecule has 1 fully saturated rings. The van der Waals surface area contributed by atoms with Gasteiger partial charge in [0, 0.05) is 6.04 Å². The van der Waals surface area contributed by atoms with Gasteiger partial charge in [0.15, 0.2) is 0 Å². The second-order valence-corrected chi connectivity index (χ2v) is 5.54. The summed E-state index contributed by atoms with van der Waals surface area (Å²) in [5.41, 5.74) is -0.109. The first-order valence-electron chi connectivity index (χ1n) is 6.92. The van der Waals surface area contributed by atoms with Crippen molar-refractivity contribution in [3.8, 4) is 0 Å². The number of benzene rings is 1. The molecule has 0 aromatic heterocycles. The molecule has 0 spiro atoms. The molecule has 21 heavy (non-hydrogen) atoms. The van der Waals surface area contributed by atoms with Gasteiger partial charge >= 0.3 is 12.1 Å². The van der Waals surface area contributed by atoms with E-state index in [2.05, 4.69) is 5.32 Å². The Labute approximate surface area is 121 Å². The van der Waals surface area contributed by atoms with Crippen molar-refractivity contribution in [1.82, 2.24) is 5.32 Å². The molecule has 3 nitrogen and oxygen atoms in total. The van der Waals surface area contributed by atoms with Gasteiger partial charge in [0.05, 0.1) is 11.5 Å². The topological polar surface area (TPSA) is 49.3 Å². The highest BCUT2D eigenvalue weighted by Gasteiger charge is 2.33. The average Bonchev–Trinajstić information content (AvgIpc) is 2.46. The largest absolute Gasteiger partial charge is 0.481 e. The van der Waals surface area contributed by atoms with Crippen LogP contribution in [0.4, 0.5) is 13.2 Å². The maximum absolute atomic E-state index is 12.7. The Bertz CT molecular complexity index is 516. The zero-order valence-corrected chi connectivity index (χ0v) is 11.7. The molecular weight excluding hydrogens is 283 g/mol. The Morgan fingerprint density at radius 3 is 2.76 bits per heavy atom. The van der Waals surface area contributed by atoms with Gasteiger partial charge in [-0.3, -0.25) is 4.79 Å². The molecular formula is C15H18F3NO2. The van der Waals surface area contributed by atoms with Crippen LogP contribution in [0.3, 0.4) is 0 Å². The highest BCUT2D eigenvalue weighted by atomic mass is 19.4. The van der Waals surface area contributed by atoms with Gasteiger partial charge in [-0.15, -0.1) is 0 Å². The summed E-state index contributed by atoms with van der Waals surface area (Å²) in [5.74, 6) is -1.37. The van der Waals surface area contributed by atoms with Crippen LogP contribution in [0.25, 0.3) is 0 Å². The van der Waals surface area contributed by atoms with E-state index in [1.807, 2.05) is 0 Å². The van der Waals surface area contributed by atoms with Gasteiger partial charge in [0.25, 0.3) is 0 Å². The van der Waals surface area contributed by atoms with Gasteiger partial charge in [0.1, 0.15) is 0 Å². The van der Waals surface area contributed by atoms with Gasteiger partial charge in [-0.05, 0) is 43.0 Å². The zero-order chi connectivity index (χ0) is 15.6. The number of hydrogen-bond acceptors (Lipinski definition) is 2. The maximum Gasteiger partial charge on any atom is 0.416 e. The molecule has 1 aliphatic rings. The number of halogens is 3. The summed E-state index contributed by atoms with van der Waals surface area (Å²) < 4.78 is 38.2. The lowest BCUT2D eigenvalue weighted by atomic mass is 9.81. The molecule has 1 saturated heterocycles. The standard InChI is InChI=1S/C15H18F3NO2/c1-9(14(20)21)10-5-6-19-13(8-10)11-3-2-4-12(7-11)15(16,17)18/h2-4,7,9-10,13,19H,5-6,8H2,1H3,(H,20,21)/t9?,10-,13+/m0/s1. The smallest absolute Gasteiger partial charge is 0.416 e. The van der Waals surface area contributed by atoms with Gasteiger partial charge in [0.2, 0.25) is 0 Å². The quantitative estimate of drug-likeness (QED) is 0.899. The van der Waals surface area contributed by atoms with E-state index < -0.39 is 23.6 Å². The van der Waals surface area contributed by atoms with E-state index in [0.29, 0.717) is 18.5 Å². The highest BCUT2D eigenvalue weighted by molar-refractivity contribution is 5.69. The van der Waals surface area contributed by atoms with Crippen molar-refractivity contribution in [3.63, 3.8) is 0 Å². The molecule has 0 bridgehead atoms. The van der Waals surface area contributed by atoms with Crippen LogP contribution < -0.4 is 5.32 Å². The fourth-order valence-electron chi connectivity index (χ4n) is 2.79. The number of piperidine rings is 1. The van der Waals surface area contributed by atoms with Crippen molar-refractivity contribution in [3.05, 3.63) is 35.4 Å². The number of nitrogens with one attached hydrogen (secondary N) is 1. The van der Waals surface area contributed by atoms with E-state index in [4.69, 9.17) is 5.11 Å². The Morgan fingerprint density at radius 1 is 1.43 bits per heavy atom. The molecule has 1 aliphatic heterocycles. The molecule has 3 atom stereocenters. The number of rotatable bonds is 3. The van der Waals surface area contributed by atoms with Crippen molar-refractivity contribution in [2.75, 3.05) is 6.54 Å². The Hall–Kier alpha value is -1.56. The number of carboxylic acids is 1.